The van der Waals surface area contributed by atoms with Crippen molar-refractivity contribution in [2.75, 3.05) is 13.1 Å². The van der Waals surface area contributed by atoms with Gasteiger partial charge in [0.05, 0.1) is 0 Å². The SMILES string of the molecule is O=C(O)/C=C/C(=O)O.c1ccc2c(CCNC3CCCCC3)c[nH]c2c1.c1ccc2c(CCNC3CCCCC3)c[nH]c2c1. The monoisotopic (exact) mass is 600 g/mol. The number of aliphatic carboxylic acids is 2. The molecule has 0 amide bonds. The smallest absolute Gasteiger partial charge is 0.328 e. The van der Waals surface area contributed by atoms with Crippen LogP contribution in [0, 0.1) is 0 Å². The van der Waals surface area contributed by atoms with Crippen LogP contribution < -0.4 is 10.6 Å². The van der Waals surface area contributed by atoms with Gasteiger partial charge in [0, 0.05) is 58.4 Å². The summed E-state index contributed by atoms with van der Waals surface area (Å²) in [5.41, 5.74) is 5.39. The minimum absolute atomic E-state index is 0.558. The Bertz CT molecular complexity index is 1350. The highest BCUT2D eigenvalue weighted by molar-refractivity contribution is 5.89. The van der Waals surface area contributed by atoms with E-state index in [2.05, 4.69) is 81.5 Å². The third kappa shape index (κ3) is 11.0. The highest BCUT2D eigenvalue weighted by Crippen LogP contribution is 2.21. The third-order valence-electron chi connectivity index (χ3n) is 8.58. The second-order valence-corrected chi connectivity index (χ2v) is 11.8. The first-order chi connectivity index (χ1) is 21.5. The molecule has 2 fully saturated rings. The summed E-state index contributed by atoms with van der Waals surface area (Å²) in [4.78, 5) is 25.8. The lowest BCUT2D eigenvalue weighted by Gasteiger charge is -2.22. The van der Waals surface area contributed by atoms with Crippen molar-refractivity contribution in [3.8, 4) is 0 Å². The first kappa shape index (κ1) is 33.0. The molecule has 2 saturated carbocycles. The van der Waals surface area contributed by atoms with Crippen LogP contribution in [0.1, 0.15) is 75.3 Å². The maximum atomic E-state index is 9.55. The van der Waals surface area contributed by atoms with Crippen molar-refractivity contribution in [1.29, 1.82) is 0 Å². The van der Waals surface area contributed by atoms with Gasteiger partial charge in [-0.15, -0.1) is 0 Å². The molecule has 6 N–H and O–H groups in total. The van der Waals surface area contributed by atoms with Gasteiger partial charge in [0.15, 0.2) is 0 Å². The quantitative estimate of drug-likeness (QED) is 0.109. The molecule has 44 heavy (non-hydrogen) atoms. The summed E-state index contributed by atoms with van der Waals surface area (Å²) in [6, 6.07) is 18.7. The Morgan fingerprint density at radius 3 is 1.41 bits per heavy atom. The second-order valence-electron chi connectivity index (χ2n) is 11.8. The van der Waals surface area contributed by atoms with Crippen molar-refractivity contribution in [1.82, 2.24) is 20.6 Å². The fourth-order valence-electron chi connectivity index (χ4n) is 6.25. The van der Waals surface area contributed by atoms with Crippen LogP contribution in [0.5, 0.6) is 0 Å². The Kier molecular flexibility index (Phi) is 13.5. The van der Waals surface area contributed by atoms with Gasteiger partial charge in [0.25, 0.3) is 0 Å². The Morgan fingerprint density at radius 2 is 1.02 bits per heavy atom. The standard InChI is InChI=1S/2C16H22N2.C4H4O4/c2*1-2-6-14(7-3-1)17-11-10-13-12-18-16-9-5-4-8-15(13)16;5-3(6)1-2-4(7)8/h2*4-5,8-9,12,14,17-18H,1-3,6-7,10-11H2;1-2H,(H,5,6)(H,7,8)/b;;2-1+. The summed E-state index contributed by atoms with van der Waals surface area (Å²) in [6.07, 6.45) is 21.7. The number of carboxylic acids is 2. The Morgan fingerprint density at radius 1 is 0.636 bits per heavy atom. The zero-order valence-corrected chi connectivity index (χ0v) is 25.7. The number of hydrogen-bond acceptors (Lipinski definition) is 4. The van der Waals surface area contributed by atoms with Crippen LogP contribution >= 0.6 is 0 Å². The molecule has 0 saturated heterocycles. The molecule has 2 aromatic carbocycles. The molecule has 0 aliphatic heterocycles. The first-order valence-corrected chi connectivity index (χ1v) is 16.2. The molecule has 2 aliphatic carbocycles. The molecule has 6 rings (SSSR count). The van der Waals surface area contributed by atoms with Gasteiger partial charge >= 0.3 is 11.9 Å². The van der Waals surface area contributed by atoms with E-state index < -0.39 is 11.9 Å². The zero-order chi connectivity index (χ0) is 31.0. The lowest BCUT2D eigenvalue weighted by molar-refractivity contribution is -0.134. The van der Waals surface area contributed by atoms with E-state index in [0.29, 0.717) is 12.2 Å². The van der Waals surface area contributed by atoms with Gasteiger partial charge < -0.3 is 30.8 Å². The maximum absolute atomic E-state index is 9.55. The number of nitrogens with one attached hydrogen (secondary N) is 4. The van der Waals surface area contributed by atoms with E-state index in [-0.39, 0.29) is 0 Å². The van der Waals surface area contributed by atoms with E-state index in [1.807, 2.05) is 0 Å². The number of carboxylic acid groups (broad SMARTS) is 2. The number of fused-ring (bicyclic) bond motifs is 2. The van der Waals surface area contributed by atoms with Crippen molar-refractivity contribution in [3.05, 3.63) is 84.2 Å². The van der Waals surface area contributed by atoms with Crippen molar-refractivity contribution in [2.45, 2.75) is 89.1 Å². The molecule has 0 radical (unpaired) electrons. The normalized spacial score (nSPS) is 15.9. The van der Waals surface area contributed by atoms with Gasteiger partial charge in [0.1, 0.15) is 0 Å². The molecule has 4 aromatic rings. The number of para-hydroxylation sites is 2. The van der Waals surface area contributed by atoms with E-state index in [1.165, 1.54) is 97.1 Å². The lowest BCUT2D eigenvalue weighted by atomic mass is 9.95. The summed E-state index contributed by atoms with van der Waals surface area (Å²) >= 11 is 0. The van der Waals surface area contributed by atoms with Crippen LogP contribution in [0.25, 0.3) is 21.8 Å². The summed E-state index contributed by atoms with van der Waals surface area (Å²) in [6.45, 7) is 2.21. The van der Waals surface area contributed by atoms with Crippen molar-refractivity contribution < 1.29 is 19.8 Å². The number of carbonyl (C=O) groups is 2. The number of hydrogen-bond donors (Lipinski definition) is 6. The predicted molar refractivity (Wildman–Crippen MR) is 178 cm³/mol. The lowest BCUT2D eigenvalue weighted by Crippen LogP contribution is -2.32. The van der Waals surface area contributed by atoms with Crippen LogP contribution in [0.2, 0.25) is 0 Å². The highest BCUT2D eigenvalue weighted by atomic mass is 16.4. The van der Waals surface area contributed by atoms with Crippen molar-refractivity contribution in [3.63, 3.8) is 0 Å². The molecular weight excluding hydrogens is 552 g/mol. The van der Waals surface area contributed by atoms with Gasteiger partial charge in [-0.3, -0.25) is 0 Å². The number of H-pyrrole nitrogens is 2. The summed E-state index contributed by atoms with van der Waals surface area (Å²) in [5.74, 6) is -2.51. The Labute approximate surface area is 260 Å². The zero-order valence-electron chi connectivity index (χ0n) is 25.7. The second kappa shape index (κ2) is 18.0. The van der Waals surface area contributed by atoms with E-state index in [4.69, 9.17) is 10.2 Å². The van der Waals surface area contributed by atoms with E-state index in [1.54, 1.807) is 0 Å². The van der Waals surface area contributed by atoms with Crippen molar-refractivity contribution in [2.24, 2.45) is 0 Å². The first-order valence-electron chi connectivity index (χ1n) is 16.2. The minimum atomic E-state index is -1.26. The molecule has 0 spiro atoms. The fraction of sp³-hybridized carbons (Fsp3) is 0.444. The fourth-order valence-corrected chi connectivity index (χ4v) is 6.25. The largest absolute Gasteiger partial charge is 0.478 e. The number of rotatable bonds is 10. The number of aromatic amines is 2. The summed E-state index contributed by atoms with van der Waals surface area (Å²) in [7, 11) is 0. The van der Waals surface area contributed by atoms with Gasteiger partial charge in [-0.25, -0.2) is 9.59 Å². The topological polar surface area (TPSA) is 130 Å². The Hall–Kier alpha value is -3.88. The average Bonchev–Trinajstić information content (AvgIpc) is 3.66. The van der Waals surface area contributed by atoms with Crippen LogP contribution in [0.15, 0.2) is 73.1 Å². The van der Waals surface area contributed by atoms with Crippen LogP contribution in [-0.2, 0) is 22.4 Å². The molecular formula is C36H48N4O4. The molecule has 2 heterocycles. The number of benzene rings is 2. The predicted octanol–water partition coefficient (Wildman–Crippen LogP) is 6.98. The summed E-state index contributed by atoms with van der Waals surface area (Å²) in [5, 5.41) is 25.8. The highest BCUT2D eigenvalue weighted by Gasteiger charge is 2.13. The summed E-state index contributed by atoms with van der Waals surface area (Å²) < 4.78 is 0. The Balaban J connectivity index is 0.000000163. The molecule has 8 heteroatoms. The molecule has 2 aliphatic rings. The third-order valence-corrected chi connectivity index (χ3v) is 8.58. The molecule has 8 nitrogen and oxygen atoms in total. The van der Waals surface area contributed by atoms with Gasteiger partial charge in [-0.1, -0.05) is 74.9 Å². The van der Waals surface area contributed by atoms with Crippen molar-refractivity contribution >= 4 is 33.7 Å². The van der Waals surface area contributed by atoms with E-state index in [0.717, 1.165) is 38.0 Å². The van der Waals surface area contributed by atoms with Gasteiger partial charge in [-0.2, -0.15) is 0 Å². The minimum Gasteiger partial charge on any atom is -0.478 e. The van der Waals surface area contributed by atoms with Crippen LogP contribution in [-0.4, -0.2) is 57.3 Å². The van der Waals surface area contributed by atoms with Crippen LogP contribution in [0.4, 0.5) is 0 Å². The average molecular weight is 601 g/mol. The number of aromatic nitrogens is 2. The van der Waals surface area contributed by atoms with Crippen LogP contribution in [0.3, 0.4) is 0 Å². The molecule has 0 atom stereocenters. The molecule has 236 valence electrons. The maximum Gasteiger partial charge on any atom is 0.328 e. The molecule has 2 aromatic heterocycles. The molecule has 0 bridgehead atoms. The van der Waals surface area contributed by atoms with Gasteiger partial charge in [0.2, 0.25) is 0 Å². The molecule has 0 unspecified atom stereocenters. The van der Waals surface area contributed by atoms with E-state index in [9.17, 15) is 9.59 Å². The van der Waals surface area contributed by atoms with E-state index >= 15 is 0 Å². The van der Waals surface area contributed by atoms with Gasteiger partial charge in [-0.05, 0) is 74.9 Å².